The Morgan fingerprint density at radius 1 is 1.16 bits per heavy atom. The molecule has 3 rings (SSSR count). The van der Waals surface area contributed by atoms with Crippen molar-refractivity contribution in [1.29, 1.82) is 0 Å². The first-order chi connectivity index (χ1) is 12.0. The van der Waals surface area contributed by atoms with Crippen LogP contribution in [0.25, 0.3) is 0 Å². The van der Waals surface area contributed by atoms with Crippen LogP contribution in [0, 0.1) is 13.8 Å². The van der Waals surface area contributed by atoms with Gasteiger partial charge in [0, 0.05) is 5.69 Å². The molecule has 25 heavy (non-hydrogen) atoms. The Balaban J connectivity index is 1.51. The highest BCUT2D eigenvalue weighted by Gasteiger charge is 2.35. The number of carbonyl (C=O) groups is 2. The summed E-state index contributed by atoms with van der Waals surface area (Å²) in [5, 5.41) is 5.81. The average Bonchev–Trinajstić information content (AvgIpc) is 3.21. The molecule has 1 aromatic rings. The van der Waals surface area contributed by atoms with Crippen molar-refractivity contribution in [1.82, 2.24) is 10.2 Å². The van der Waals surface area contributed by atoms with Gasteiger partial charge in [-0.2, -0.15) is 0 Å². The van der Waals surface area contributed by atoms with Gasteiger partial charge in [-0.1, -0.05) is 12.1 Å². The zero-order chi connectivity index (χ0) is 17.8. The number of nitrogens with one attached hydrogen (secondary N) is 2. The molecular formula is C19H27N3O3. The van der Waals surface area contributed by atoms with E-state index in [2.05, 4.69) is 15.5 Å². The van der Waals surface area contributed by atoms with Gasteiger partial charge in [-0.15, -0.1) is 0 Å². The summed E-state index contributed by atoms with van der Waals surface area (Å²) in [4.78, 5) is 26.8. The monoisotopic (exact) mass is 345 g/mol. The minimum Gasteiger partial charge on any atom is -0.378 e. The summed E-state index contributed by atoms with van der Waals surface area (Å²) < 4.78 is 5.56. The predicted octanol–water partition coefficient (Wildman–Crippen LogP) is 1.61. The summed E-state index contributed by atoms with van der Waals surface area (Å²) in [6.45, 7) is 7.21. The Morgan fingerprint density at radius 3 is 2.68 bits per heavy atom. The SMILES string of the molecule is Cc1ccc(C)c(NC(=O)CC(=O)N[C@@H]2COC[C@H]2N2CCCC2)c1. The molecule has 2 fully saturated rings. The first kappa shape index (κ1) is 17.9. The lowest BCUT2D eigenvalue weighted by molar-refractivity contribution is -0.127. The molecule has 2 N–H and O–H groups in total. The minimum atomic E-state index is -0.289. The third kappa shape index (κ3) is 4.58. The Kier molecular flexibility index (Phi) is 5.71. The smallest absolute Gasteiger partial charge is 0.233 e. The van der Waals surface area contributed by atoms with Crippen LogP contribution in [-0.4, -0.2) is 55.1 Å². The van der Waals surface area contributed by atoms with Gasteiger partial charge < -0.3 is 15.4 Å². The maximum Gasteiger partial charge on any atom is 0.233 e. The second-order valence-electron chi connectivity index (χ2n) is 7.07. The van der Waals surface area contributed by atoms with E-state index in [-0.39, 0.29) is 30.3 Å². The number of rotatable bonds is 5. The van der Waals surface area contributed by atoms with Crippen molar-refractivity contribution in [3.05, 3.63) is 29.3 Å². The summed E-state index contributed by atoms with van der Waals surface area (Å²) in [7, 11) is 0. The van der Waals surface area contributed by atoms with E-state index in [1.807, 2.05) is 32.0 Å². The molecule has 0 radical (unpaired) electrons. The number of benzene rings is 1. The maximum absolute atomic E-state index is 12.3. The van der Waals surface area contributed by atoms with Crippen LogP contribution in [-0.2, 0) is 14.3 Å². The number of likely N-dealkylation sites (tertiary alicyclic amines) is 1. The molecule has 136 valence electrons. The van der Waals surface area contributed by atoms with Crippen LogP contribution in [0.3, 0.4) is 0 Å². The third-order valence-corrected chi connectivity index (χ3v) is 4.99. The van der Waals surface area contributed by atoms with Gasteiger partial charge in [-0.3, -0.25) is 14.5 Å². The van der Waals surface area contributed by atoms with Crippen molar-refractivity contribution in [2.45, 2.75) is 45.2 Å². The van der Waals surface area contributed by atoms with Gasteiger partial charge >= 0.3 is 0 Å². The van der Waals surface area contributed by atoms with Crippen LogP contribution in [0.2, 0.25) is 0 Å². The fourth-order valence-electron chi connectivity index (χ4n) is 3.58. The first-order valence-corrected chi connectivity index (χ1v) is 9.01. The molecule has 0 unspecified atom stereocenters. The van der Waals surface area contributed by atoms with Crippen molar-refractivity contribution >= 4 is 17.5 Å². The average molecular weight is 345 g/mol. The van der Waals surface area contributed by atoms with Crippen LogP contribution < -0.4 is 10.6 Å². The van der Waals surface area contributed by atoms with E-state index in [9.17, 15) is 9.59 Å². The highest BCUT2D eigenvalue weighted by atomic mass is 16.5. The van der Waals surface area contributed by atoms with Gasteiger partial charge in [0.1, 0.15) is 6.42 Å². The number of ether oxygens (including phenoxy) is 1. The van der Waals surface area contributed by atoms with Crippen LogP contribution in [0.1, 0.15) is 30.4 Å². The number of aryl methyl sites for hydroxylation is 2. The second-order valence-corrected chi connectivity index (χ2v) is 7.07. The van der Waals surface area contributed by atoms with Crippen molar-refractivity contribution in [2.24, 2.45) is 0 Å². The van der Waals surface area contributed by atoms with Crippen LogP contribution in [0.4, 0.5) is 5.69 Å². The van der Waals surface area contributed by atoms with Gasteiger partial charge in [0.25, 0.3) is 0 Å². The topological polar surface area (TPSA) is 70.7 Å². The van der Waals surface area contributed by atoms with Crippen molar-refractivity contribution in [3.63, 3.8) is 0 Å². The summed E-state index contributed by atoms with van der Waals surface area (Å²) in [6, 6.07) is 6.07. The van der Waals surface area contributed by atoms with E-state index >= 15 is 0 Å². The molecule has 6 nitrogen and oxygen atoms in total. The molecule has 1 aromatic carbocycles. The van der Waals surface area contributed by atoms with Crippen LogP contribution in [0.5, 0.6) is 0 Å². The van der Waals surface area contributed by atoms with E-state index in [0.29, 0.717) is 13.2 Å². The lowest BCUT2D eigenvalue weighted by atomic mass is 10.1. The quantitative estimate of drug-likeness (QED) is 0.796. The Morgan fingerprint density at radius 2 is 1.92 bits per heavy atom. The Hall–Kier alpha value is -1.92. The number of nitrogens with zero attached hydrogens (tertiary/aromatic N) is 1. The van der Waals surface area contributed by atoms with E-state index < -0.39 is 0 Å². The number of anilines is 1. The molecule has 2 amide bonds. The predicted molar refractivity (Wildman–Crippen MR) is 96.5 cm³/mol. The van der Waals surface area contributed by atoms with Gasteiger partial charge in [0.05, 0.1) is 25.3 Å². The molecule has 2 aliphatic rings. The lowest BCUT2D eigenvalue weighted by Gasteiger charge is -2.27. The van der Waals surface area contributed by atoms with Crippen molar-refractivity contribution in [3.8, 4) is 0 Å². The number of hydrogen-bond donors (Lipinski definition) is 2. The number of amides is 2. The third-order valence-electron chi connectivity index (χ3n) is 4.99. The zero-order valence-electron chi connectivity index (χ0n) is 15.0. The largest absolute Gasteiger partial charge is 0.378 e. The summed E-state index contributed by atoms with van der Waals surface area (Å²) in [5.74, 6) is -0.537. The van der Waals surface area contributed by atoms with Crippen LogP contribution in [0.15, 0.2) is 18.2 Å². The highest BCUT2D eigenvalue weighted by molar-refractivity contribution is 6.04. The van der Waals surface area contributed by atoms with E-state index in [1.165, 1.54) is 12.8 Å². The summed E-state index contributed by atoms with van der Waals surface area (Å²) >= 11 is 0. The molecular weight excluding hydrogens is 318 g/mol. The minimum absolute atomic E-state index is 0.0286. The molecule has 0 spiro atoms. The Labute approximate surface area is 148 Å². The van der Waals surface area contributed by atoms with Gasteiger partial charge in [0.15, 0.2) is 0 Å². The molecule has 2 heterocycles. The molecule has 2 aliphatic heterocycles. The normalized spacial score (nSPS) is 23.6. The van der Waals surface area contributed by atoms with Crippen molar-refractivity contribution < 1.29 is 14.3 Å². The van der Waals surface area contributed by atoms with E-state index in [0.717, 1.165) is 29.9 Å². The van der Waals surface area contributed by atoms with E-state index in [4.69, 9.17) is 4.74 Å². The standard InChI is InChI=1S/C19H27N3O3/c1-13-5-6-14(2)15(9-13)20-18(23)10-19(24)21-16-11-25-12-17(16)22-7-3-4-8-22/h5-6,9,16-17H,3-4,7-8,10-12H2,1-2H3,(H,20,23)(H,21,24)/t16-,17-/m1/s1. The first-order valence-electron chi connectivity index (χ1n) is 9.01. The molecule has 2 atom stereocenters. The second kappa shape index (κ2) is 7.97. The maximum atomic E-state index is 12.3. The van der Waals surface area contributed by atoms with Gasteiger partial charge in [-0.05, 0) is 57.0 Å². The molecule has 2 saturated heterocycles. The molecule has 0 aromatic heterocycles. The fraction of sp³-hybridized carbons (Fsp3) is 0.579. The molecule has 0 saturated carbocycles. The van der Waals surface area contributed by atoms with Gasteiger partial charge in [0.2, 0.25) is 11.8 Å². The van der Waals surface area contributed by atoms with Gasteiger partial charge in [-0.25, -0.2) is 0 Å². The summed E-state index contributed by atoms with van der Waals surface area (Å²) in [5.41, 5.74) is 2.82. The lowest BCUT2D eigenvalue weighted by Crippen LogP contribution is -2.50. The fourth-order valence-corrected chi connectivity index (χ4v) is 3.58. The Bertz CT molecular complexity index is 641. The molecule has 0 bridgehead atoms. The summed E-state index contributed by atoms with van der Waals surface area (Å²) in [6.07, 6.45) is 2.24. The number of hydrogen-bond acceptors (Lipinski definition) is 4. The number of carbonyl (C=O) groups excluding carboxylic acids is 2. The highest BCUT2D eigenvalue weighted by Crippen LogP contribution is 2.19. The molecule has 6 heteroatoms. The van der Waals surface area contributed by atoms with E-state index in [1.54, 1.807) is 0 Å². The van der Waals surface area contributed by atoms with Crippen LogP contribution >= 0.6 is 0 Å². The van der Waals surface area contributed by atoms with Crippen molar-refractivity contribution in [2.75, 3.05) is 31.6 Å². The zero-order valence-corrected chi connectivity index (χ0v) is 15.0. The molecule has 0 aliphatic carbocycles.